The summed E-state index contributed by atoms with van der Waals surface area (Å²) in [6.07, 6.45) is 4.31. The van der Waals surface area contributed by atoms with Crippen molar-refractivity contribution in [3.63, 3.8) is 0 Å². The third-order valence-corrected chi connectivity index (χ3v) is 1.21. The Morgan fingerprint density at radius 1 is 1.80 bits per heavy atom. The van der Waals surface area contributed by atoms with E-state index in [9.17, 15) is 0 Å². The minimum absolute atomic E-state index is 1.03. The van der Waals surface area contributed by atoms with Gasteiger partial charge in [0.25, 0.3) is 0 Å². The van der Waals surface area contributed by atoms with Crippen LogP contribution in [0.15, 0.2) is 12.2 Å². The van der Waals surface area contributed by atoms with Gasteiger partial charge in [0, 0.05) is 0 Å². The Bertz CT molecular complexity index is 30.6. The topological polar surface area (TPSA) is 0 Å². The number of hydrogen-bond donors (Lipinski definition) is 0. The third-order valence-electron chi connectivity index (χ3n) is 0.471. The van der Waals surface area contributed by atoms with E-state index in [2.05, 4.69) is 19.1 Å². The molecule has 0 nitrogen and oxygen atoms in total. The Morgan fingerprint density at radius 3 is 2.40 bits per heavy atom. The summed E-state index contributed by atoms with van der Waals surface area (Å²) in [5.41, 5.74) is 0. The van der Waals surface area contributed by atoms with Gasteiger partial charge in [0.2, 0.25) is 0 Å². The summed E-state index contributed by atoms with van der Waals surface area (Å²) in [6, 6.07) is 0. The van der Waals surface area contributed by atoms with Crippen molar-refractivity contribution in [2.75, 3.05) is 0 Å². The molecule has 0 fully saturated rings. The zero-order chi connectivity index (χ0) is 4.12. The van der Waals surface area contributed by atoms with Crippen LogP contribution in [0, 0.1) is 0 Å². The van der Waals surface area contributed by atoms with Crippen molar-refractivity contribution in [1.29, 1.82) is 0 Å². The van der Waals surface area contributed by atoms with Gasteiger partial charge in [-0.25, -0.2) is 0 Å². The fourth-order valence-electron chi connectivity index (χ4n) is 0.236. The molecule has 0 unspecified atom stereocenters. The van der Waals surface area contributed by atoms with Crippen LogP contribution in [0.2, 0.25) is 0.515 Å². The van der Waals surface area contributed by atoms with Crippen LogP contribution in [-0.2, 0) is 0 Å². The second-order valence-corrected chi connectivity index (χ2v) is 2.25. The predicted octanol–water partition coefficient (Wildman–Crippen LogP) is 1.15. The van der Waals surface area contributed by atoms with E-state index >= 15 is 0 Å². The van der Waals surface area contributed by atoms with Crippen LogP contribution in [0.25, 0.3) is 0 Å². The van der Waals surface area contributed by atoms with Crippen molar-refractivity contribution in [2.24, 2.45) is 0 Å². The Morgan fingerprint density at radius 2 is 2.40 bits per heavy atom. The number of allylic oxidation sites excluding steroid dienone is 2. The third kappa shape index (κ3) is 5.38. The summed E-state index contributed by atoms with van der Waals surface area (Å²) in [7, 11) is 0. The zero-order valence-electron chi connectivity index (χ0n) is 3.86. The molecule has 0 aromatic rings. The molecule has 0 spiro atoms. The summed E-state index contributed by atoms with van der Waals surface area (Å²) < 4.78 is 1.35. The molecule has 0 amide bonds. The van der Waals surface area contributed by atoms with Crippen molar-refractivity contribution >= 4 is 49.0 Å². The van der Waals surface area contributed by atoms with E-state index < -0.39 is 0 Å². The van der Waals surface area contributed by atoms with Crippen LogP contribution in [-0.4, -0.2) is 49.0 Å². The number of hydrogen-bond acceptors (Lipinski definition) is 0. The Labute approximate surface area is 67.2 Å². The monoisotopic (exact) mass is 94.0 g/mol. The maximum absolute atomic E-state index is 2.21. The van der Waals surface area contributed by atoms with Gasteiger partial charge in [-0.2, -0.15) is 0 Å². The minimum atomic E-state index is 1.03. The van der Waals surface area contributed by atoms with Gasteiger partial charge in [0.1, 0.15) is 0 Å². The summed E-state index contributed by atoms with van der Waals surface area (Å²) >= 11 is 1.03. The molecule has 0 saturated heterocycles. The SMILES string of the molecule is CC=C[CH2][K]. The van der Waals surface area contributed by atoms with E-state index in [4.69, 9.17) is 0 Å². The molecule has 0 aromatic heterocycles. The van der Waals surface area contributed by atoms with E-state index in [1.54, 1.807) is 0 Å². The molecule has 0 aliphatic rings. The van der Waals surface area contributed by atoms with Gasteiger partial charge < -0.3 is 0 Å². The summed E-state index contributed by atoms with van der Waals surface area (Å²) in [6.45, 7) is 2.06. The van der Waals surface area contributed by atoms with Crippen LogP contribution in [0.3, 0.4) is 0 Å². The second kappa shape index (κ2) is 5.38. The van der Waals surface area contributed by atoms with Crippen molar-refractivity contribution in [2.45, 2.75) is 7.44 Å². The average molecular weight is 94.2 g/mol. The predicted molar refractivity (Wildman–Crippen MR) is 25.4 cm³/mol. The molecule has 0 aromatic carbocycles. The summed E-state index contributed by atoms with van der Waals surface area (Å²) in [5, 5.41) is 0. The van der Waals surface area contributed by atoms with E-state index in [0.717, 1.165) is 49.0 Å². The Balaban J connectivity index is 2.62. The first-order valence-corrected chi connectivity index (χ1v) is 4.23. The molecule has 1 heteroatoms. The fourth-order valence-corrected chi connectivity index (χ4v) is 0.972. The molecule has 0 bridgehead atoms. The molecule has 0 saturated carbocycles. The summed E-state index contributed by atoms with van der Waals surface area (Å²) in [5.74, 6) is 0. The van der Waals surface area contributed by atoms with E-state index in [1.807, 2.05) is 0 Å². The molecule has 0 aliphatic heterocycles. The molecule has 0 rings (SSSR count). The molecule has 0 radical (unpaired) electrons. The number of rotatable bonds is 1. The van der Waals surface area contributed by atoms with Crippen LogP contribution in [0.4, 0.5) is 0 Å². The van der Waals surface area contributed by atoms with E-state index in [1.165, 1.54) is 0.515 Å². The first kappa shape index (κ1) is 6.38. The molecule has 24 valence electrons. The normalized spacial score (nSPS) is 10.2. The summed E-state index contributed by atoms with van der Waals surface area (Å²) in [4.78, 5) is 0. The van der Waals surface area contributed by atoms with Crippen molar-refractivity contribution in [3.05, 3.63) is 12.2 Å². The van der Waals surface area contributed by atoms with Crippen molar-refractivity contribution in [1.82, 2.24) is 0 Å². The van der Waals surface area contributed by atoms with Crippen molar-refractivity contribution < 1.29 is 0 Å². The molecule has 0 atom stereocenters. The molecular weight excluding hydrogens is 87.1 g/mol. The van der Waals surface area contributed by atoms with Crippen LogP contribution >= 0.6 is 0 Å². The zero-order valence-corrected chi connectivity index (χ0v) is 6.98. The van der Waals surface area contributed by atoms with E-state index in [-0.39, 0.29) is 0 Å². The first-order chi connectivity index (χ1) is 2.41. The molecular formula is C4H7K. The van der Waals surface area contributed by atoms with Gasteiger partial charge in [-0.3, -0.25) is 0 Å². The van der Waals surface area contributed by atoms with E-state index in [0.29, 0.717) is 0 Å². The molecule has 0 heterocycles. The van der Waals surface area contributed by atoms with Crippen LogP contribution in [0.1, 0.15) is 6.92 Å². The van der Waals surface area contributed by atoms with Gasteiger partial charge in [0.05, 0.1) is 0 Å². The standard InChI is InChI=1S/C4H7.K/c1-3-4-2;/h3-4H,1H2,2H3;. The van der Waals surface area contributed by atoms with Gasteiger partial charge in [-0.15, -0.1) is 0 Å². The fraction of sp³-hybridized carbons (Fsp3) is 0.500. The molecule has 0 N–H and O–H groups in total. The molecule has 5 heavy (non-hydrogen) atoms. The Kier molecular flexibility index (Phi) is 6.86. The van der Waals surface area contributed by atoms with Gasteiger partial charge in [0.15, 0.2) is 0 Å². The first-order valence-electron chi connectivity index (χ1n) is 2.03. The van der Waals surface area contributed by atoms with Crippen LogP contribution in [0.5, 0.6) is 0 Å². The van der Waals surface area contributed by atoms with Crippen molar-refractivity contribution in [3.8, 4) is 0 Å². The van der Waals surface area contributed by atoms with Crippen LogP contribution < -0.4 is 0 Å². The van der Waals surface area contributed by atoms with Gasteiger partial charge in [-0.05, 0) is 0 Å². The molecule has 0 aliphatic carbocycles. The Hall–Kier alpha value is 1.38. The second-order valence-electron chi connectivity index (χ2n) is 0.977. The van der Waals surface area contributed by atoms with Gasteiger partial charge in [-0.1, -0.05) is 0 Å². The quantitative estimate of drug-likeness (QED) is 0.338. The van der Waals surface area contributed by atoms with Gasteiger partial charge >= 0.3 is 68.5 Å². The average Bonchev–Trinajstić information content (AvgIpc) is 1.41. The maximum atomic E-state index is 2.21.